The number of benzene rings is 2. The Morgan fingerprint density at radius 2 is 1.68 bits per heavy atom. The summed E-state index contributed by atoms with van der Waals surface area (Å²) in [5.41, 5.74) is 5.34. The monoisotopic (exact) mass is 335 g/mol. The van der Waals surface area contributed by atoms with Gasteiger partial charge in [0.05, 0.1) is 4.90 Å². The molecule has 0 bridgehead atoms. The fraction of sp³-hybridized carbons (Fsp3) is 0.133. The Kier molecular flexibility index (Phi) is 5.12. The van der Waals surface area contributed by atoms with E-state index in [9.17, 15) is 8.42 Å². The average molecular weight is 335 g/mol. The molecule has 0 saturated heterocycles. The summed E-state index contributed by atoms with van der Waals surface area (Å²) in [7, 11) is -3.66. The van der Waals surface area contributed by atoms with Gasteiger partial charge < -0.3 is 5.32 Å². The number of rotatable bonds is 4. The van der Waals surface area contributed by atoms with E-state index in [1.165, 1.54) is 12.1 Å². The Balaban J connectivity index is 1.97. The van der Waals surface area contributed by atoms with Gasteiger partial charge in [0.15, 0.2) is 5.11 Å². The number of hydrazine groups is 1. The zero-order chi connectivity index (χ0) is 16.2. The summed E-state index contributed by atoms with van der Waals surface area (Å²) in [6.45, 7) is 3.85. The number of anilines is 1. The first-order valence-electron chi connectivity index (χ1n) is 6.59. The van der Waals surface area contributed by atoms with Gasteiger partial charge in [-0.05, 0) is 55.9 Å². The molecule has 5 nitrogen and oxygen atoms in total. The smallest absolute Gasteiger partial charge is 0.257 e. The molecule has 0 amide bonds. The Labute approximate surface area is 135 Å². The van der Waals surface area contributed by atoms with E-state index in [-0.39, 0.29) is 10.0 Å². The van der Waals surface area contributed by atoms with Gasteiger partial charge in [-0.2, -0.15) is 0 Å². The van der Waals surface area contributed by atoms with Crippen LogP contribution in [0.2, 0.25) is 0 Å². The van der Waals surface area contributed by atoms with Crippen LogP contribution in [0.25, 0.3) is 0 Å². The molecule has 7 heteroatoms. The molecule has 0 radical (unpaired) electrons. The van der Waals surface area contributed by atoms with E-state index in [1.54, 1.807) is 12.1 Å². The van der Waals surface area contributed by atoms with Crippen LogP contribution in [-0.4, -0.2) is 13.5 Å². The van der Waals surface area contributed by atoms with Crippen LogP contribution in [0.3, 0.4) is 0 Å². The molecule has 2 aromatic rings. The molecule has 116 valence electrons. The van der Waals surface area contributed by atoms with Crippen molar-refractivity contribution in [3.63, 3.8) is 0 Å². The molecule has 3 N–H and O–H groups in total. The molecule has 0 aromatic heterocycles. The van der Waals surface area contributed by atoms with Crippen molar-refractivity contribution < 1.29 is 8.42 Å². The molecular weight excluding hydrogens is 318 g/mol. The summed E-state index contributed by atoms with van der Waals surface area (Å²) in [4.78, 5) is 2.42. The second kappa shape index (κ2) is 6.87. The van der Waals surface area contributed by atoms with Crippen molar-refractivity contribution in [1.82, 2.24) is 10.3 Å². The van der Waals surface area contributed by atoms with E-state index < -0.39 is 10.0 Å². The summed E-state index contributed by atoms with van der Waals surface area (Å²) in [5.74, 6) is 0. The maximum atomic E-state index is 12.1. The minimum atomic E-state index is -3.66. The largest absolute Gasteiger partial charge is 0.332 e. The molecule has 22 heavy (non-hydrogen) atoms. The predicted octanol–water partition coefficient (Wildman–Crippen LogP) is 2.48. The quantitative estimate of drug-likeness (QED) is 0.591. The molecule has 0 aliphatic heterocycles. The molecule has 0 fully saturated rings. The van der Waals surface area contributed by atoms with Crippen molar-refractivity contribution in [1.29, 1.82) is 0 Å². The molecule has 0 aliphatic carbocycles. The Morgan fingerprint density at radius 3 is 2.32 bits per heavy atom. The Bertz CT molecular complexity index is 772. The molecule has 0 heterocycles. The van der Waals surface area contributed by atoms with Crippen LogP contribution < -0.4 is 15.6 Å². The van der Waals surface area contributed by atoms with E-state index >= 15 is 0 Å². The summed E-state index contributed by atoms with van der Waals surface area (Å²) >= 11 is 5.07. The Hall–Kier alpha value is -1.96. The molecule has 2 aromatic carbocycles. The van der Waals surface area contributed by atoms with Gasteiger partial charge in [-0.3, -0.25) is 5.43 Å². The second-order valence-electron chi connectivity index (χ2n) is 4.87. The lowest BCUT2D eigenvalue weighted by Gasteiger charge is -2.12. The minimum Gasteiger partial charge on any atom is -0.332 e. The maximum Gasteiger partial charge on any atom is 0.257 e. The highest BCUT2D eigenvalue weighted by atomic mass is 32.2. The number of hydrogen-bond donors (Lipinski definition) is 3. The van der Waals surface area contributed by atoms with Crippen LogP contribution in [-0.2, 0) is 10.0 Å². The van der Waals surface area contributed by atoms with Crippen molar-refractivity contribution in [3.8, 4) is 0 Å². The van der Waals surface area contributed by atoms with Gasteiger partial charge in [0.25, 0.3) is 10.0 Å². The van der Waals surface area contributed by atoms with Crippen molar-refractivity contribution >= 4 is 33.0 Å². The topological polar surface area (TPSA) is 70.2 Å². The molecular formula is C15H17N3O2S2. The standard InChI is InChI=1S/C15H17N3O2S2/c1-11-6-8-14(9-7-11)22(19,20)18-17-15(21)16-13-5-3-4-12(2)10-13/h3-10,18H,1-2H3,(H2,16,17,21). The van der Waals surface area contributed by atoms with Crippen molar-refractivity contribution in [2.45, 2.75) is 18.7 Å². The maximum absolute atomic E-state index is 12.1. The first kappa shape index (κ1) is 16.4. The molecule has 0 atom stereocenters. The minimum absolute atomic E-state index is 0.168. The molecule has 0 spiro atoms. The van der Waals surface area contributed by atoms with E-state index in [0.29, 0.717) is 0 Å². The fourth-order valence-corrected chi connectivity index (χ4v) is 2.86. The fourth-order valence-electron chi connectivity index (χ4n) is 1.78. The highest BCUT2D eigenvalue weighted by Crippen LogP contribution is 2.10. The lowest BCUT2D eigenvalue weighted by Crippen LogP contribution is -2.43. The van der Waals surface area contributed by atoms with Gasteiger partial charge in [0.2, 0.25) is 0 Å². The highest BCUT2D eigenvalue weighted by molar-refractivity contribution is 7.89. The van der Waals surface area contributed by atoms with E-state index in [1.807, 2.05) is 38.1 Å². The third kappa shape index (κ3) is 4.52. The van der Waals surface area contributed by atoms with Gasteiger partial charge in [-0.25, -0.2) is 8.42 Å². The summed E-state index contributed by atoms with van der Waals surface area (Å²) in [6.07, 6.45) is 0. The van der Waals surface area contributed by atoms with Gasteiger partial charge >= 0.3 is 0 Å². The van der Waals surface area contributed by atoms with Crippen LogP contribution in [0.4, 0.5) is 5.69 Å². The lowest BCUT2D eigenvalue weighted by molar-refractivity contribution is 0.578. The summed E-state index contributed by atoms with van der Waals surface area (Å²) in [5, 5.41) is 3.08. The second-order valence-corrected chi connectivity index (χ2v) is 6.96. The third-order valence-electron chi connectivity index (χ3n) is 2.91. The number of nitrogens with one attached hydrogen (secondary N) is 3. The van der Waals surface area contributed by atoms with Crippen LogP contribution in [0.5, 0.6) is 0 Å². The first-order chi connectivity index (χ1) is 10.4. The number of sulfonamides is 1. The number of thiocarbonyl (C=S) groups is 1. The zero-order valence-electron chi connectivity index (χ0n) is 12.3. The van der Waals surface area contributed by atoms with E-state index in [4.69, 9.17) is 12.2 Å². The van der Waals surface area contributed by atoms with Crippen LogP contribution in [0.15, 0.2) is 53.4 Å². The van der Waals surface area contributed by atoms with Crippen molar-refractivity contribution in [2.24, 2.45) is 0 Å². The molecule has 2 rings (SSSR count). The summed E-state index contributed by atoms with van der Waals surface area (Å²) < 4.78 is 24.2. The van der Waals surface area contributed by atoms with E-state index in [2.05, 4.69) is 15.6 Å². The van der Waals surface area contributed by atoms with Crippen LogP contribution in [0, 0.1) is 13.8 Å². The SMILES string of the molecule is Cc1ccc(S(=O)(=O)NNC(=S)Nc2cccc(C)c2)cc1. The van der Waals surface area contributed by atoms with Gasteiger partial charge in [-0.1, -0.05) is 29.8 Å². The van der Waals surface area contributed by atoms with Crippen molar-refractivity contribution in [3.05, 3.63) is 59.7 Å². The predicted molar refractivity (Wildman–Crippen MR) is 92.0 cm³/mol. The zero-order valence-corrected chi connectivity index (χ0v) is 13.9. The van der Waals surface area contributed by atoms with Gasteiger partial charge in [-0.15, -0.1) is 4.83 Å². The van der Waals surface area contributed by atoms with Gasteiger partial charge in [0, 0.05) is 5.69 Å². The number of hydrogen-bond acceptors (Lipinski definition) is 3. The molecule has 0 saturated carbocycles. The molecule has 0 aliphatic rings. The average Bonchev–Trinajstić information content (AvgIpc) is 2.46. The summed E-state index contributed by atoms with van der Waals surface area (Å²) in [6, 6.07) is 14.1. The van der Waals surface area contributed by atoms with E-state index in [0.717, 1.165) is 16.8 Å². The number of aryl methyl sites for hydroxylation is 2. The first-order valence-corrected chi connectivity index (χ1v) is 8.48. The highest BCUT2D eigenvalue weighted by Gasteiger charge is 2.13. The lowest BCUT2D eigenvalue weighted by atomic mass is 10.2. The normalized spacial score (nSPS) is 11.0. The third-order valence-corrected chi connectivity index (χ3v) is 4.37. The van der Waals surface area contributed by atoms with Gasteiger partial charge in [0.1, 0.15) is 0 Å². The van der Waals surface area contributed by atoms with Crippen LogP contribution in [0.1, 0.15) is 11.1 Å². The van der Waals surface area contributed by atoms with Crippen molar-refractivity contribution in [2.75, 3.05) is 5.32 Å². The Morgan fingerprint density at radius 1 is 1.00 bits per heavy atom. The van der Waals surface area contributed by atoms with Crippen LogP contribution >= 0.6 is 12.2 Å². The molecule has 0 unspecified atom stereocenters.